The van der Waals surface area contributed by atoms with Gasteiger partial charge in [-0.25, -0.2) is 0 Å². The van der Waals surface area contributed by atoms with Crippen molar-refractivity contribution in [3.8, 4) is 11.3 Å². The smallest absolute Gasteiger partial charge is 0.226 e. The molecule has 2 heterocycles. The quantitative estimate of drug-likeness (QED) is 0.742. The molecule has 4 nitrogen and oxygen atoms in total. The van der Waals surface area contributed by atoms with Crippen molar-refractivity contribution in [3.63, 3.8) is 0 Å². The number of nitrogens with one attached hydrogen (secondary N) is 2. The molecule has 1 aromatic heterocycles. The summed E-state index contributed by atoms with van der Waals surface area (Å²) in [5, 5.41) is 10.9. The first-order chi connectivity index (χ1) is 11.2. The first-order valence-corrected chi connectivity index (χ1v) is 7.80. The summed E-state index contributed by atoms with van der Waals surface area (Å²) in [7, 11) is 0. The second-order valence-corrected chi connectivity index (χ2v) is 5.96. The van der Waals surface area contributed by atoms with Crippen molar-refractivity contribution in [2.75, 3.05) is 5.32 Å². The number of carbonyl (C=O) groups excluding carboxylic acids is 1. The Balaban J connectivity index is 1.91. The van der Waals surface area contributed by atoms with Crippen molar-refractivity contribution in [1.29, 1.82) is 0 Å². The van der Waals surface area contributed by atoms with E-state index in [0.717, 1.165) is 22.4 Å². The second-order valence-electron chi connectivity index (χ2n) is 5.55. The number of aromatic amines is 1. The molecule has 1 amide bonds. The third kappa shape index (κ3) is 2.41. The highest BCUT2D eigenvalue weighted by Gasteiger charge is 2.32. The van der Waals surface area contributed by atoms with Crippen LogP contribution in [0.1, 0.15) is 23.5 Å². The number of carbonyl (C=O) groups is 1. The van der Waals surface area contributed by atoms with Crippen LogP contribution in [0.3, 0.4) is 0 Å². The Morgan fingerprint density at radius 3 is 2.57 bits per heavy atom. The number of hydrogen-bond donors (Lipinski definition) is 2. The molecule has 0 fully saturated rings. The van der Waals surface area contributed by atoms with Gasteiger partial charge in [-0.05, 0) is 17.2 Å². The summed E-state index contributed by atoms with van der Waals surface area (Å²) in [6.45, 7) is 0. The van der Waals surface area contributed by atoms with Crippen molar-refractivity contribution >= 4 is 23.3 Å². The molecule has 2 aromatic carbocycles. The molecule has 0 spiro atoms. The summed E-state index contributed by atoms with van der Waals surface area (Å²) < 4.78 is 0. The second kappa shape index (κ2) is 5.56. The van der Waals surface area contributed by atoms with E-state index in [1.807, 2.05) is 54.6 Å². The predicted octanol–water partition coefficient (Wildman–Crippen LogP) is 4.20. The zero-order valence-corrected chi connectivity index (χ0v) is 13.0. The maximum Gasteiger partial charge on any atom is 0.226 e. The molecule has 0 radical (unpaired) electrons. The van der Waals surface area contributed by atoms with Crippen molar-refractivity contribution in [1.82, 2.24) is 10.2 Å². The van der Waals surface area contributed by atoms with Gasteiger partial charge in [0.15, 0.2) is 5.82 Å². The molecular weight excluding hydrogens is 310 g/mol. The van der Waals surface area contributed by atoms with Gasteiger partial charge in [-0.15, -0.1) is 0 Å². The van der Waals surface area contributed by atoms with Crippen molar-refractivity contribution in [2.24, 2.45) is 0 Å². The van der Waals surface area contributed by atoms with Crippen molar-refractivity contribution < 1.29 is 4.79 Å². The monoisotopic (exact) mass is 323 g/mol. The number of amides is 1. The lowest BCUT2D eigenvalue weighted by Crippen LogP contribution is -2.23. The van der Waals surface area contributed by atoms with Crippen LogP contribution in [0.25, 0.3) is 11.3 Å². The lowest BCUT2D eigenvalue weighted by Gasteiger charge is -2.24. The molecule has 4 rings (SSSR count). The molecule has 2 N–H and O–H groups in total. The highest BCUT2D eigenvalue weighted by atomic mass is 35.5. The van der Waals surface area contributed by atoms with Gasteiger partial charge in [0, 0.05) is 22.9 Å². The minimum absolute atomic E-state index is 0.0477. The SMILES string of the molecule is O=C1C[C@H](c2ccccc2Cl)c2c(n[nH]c2-c2ccccc2)N1. The van der Waals surface area contributed by atoms with E-state index in [-0.39, 0.29) is 11.8 Å². The minimum atomic E-state index is -0.110. The van der Waals surface area contributed by atoms with Crippen LogP contribution >= 0.6 is 11.6 Å². The molecule has 114 valence electrons. The van der Waals surface area contributed by atoms with E-state index in [2.05, 4.69) is 15.5 Å². The lowest BCUT2D eigenvalue weighted by atomic mass is 9.84. The molecule has 0 saturated carbocycles. The summed E-state index contributed by atoms with van der Waals surface area (Å²) in [4.78, 5) is 12.1. The molecule has 1 atom stereocenters. The van der Waals surface area contributed by atoms with E-state index in [9.17, 15) is 4.79 Å². The Bertz CT molecular complexity index is 873. The van der Waals surface area contributed by atoms with Crippen LogP contribution in [0.4, 0.5) is 5.82 Å². The van der Waals surface area contributed by atoms with E-state index >= 15 is 0 Å². The molecule has 1 aliphatic rings. The van der Waals surface area contributed by atoms with Crippen LogP contribution in [-0.2, 0) is 4.79 Å². The fourth-order valence-corrected chi connectivity index (χ4v) is 3.37. The van der Waals surface area contributed by atoms with Crippen LogP contribution in [0.5, 0.6) is 0 Å². The van der Waals surface area contributed by atoms with E-state index < -0.39 is 0 Å². The molecule has 1 aliphatic heterocycles. The Kier molecular flexibility index (Phi) is 3.39. The Hall–Kier alpha value is -2.59. The van der Waals surface area contributed by atoms with Crippen LogP contribution in [0.2, 0.25) is 5.02 Å². The number of anilines is 1. The highest BCUT2D eigenvalue weighted by Crippen LogP contribution is 2.43. The molecular formula is C18H14ClN3O. The first kappa shape index (κ1) is 14.0. The molecule has 0 unspecified atom stereocenters. The number of hydrogen-bond acceptors (Lipinski definition) is 2. The van der Waals surface area contributed by atoms with Gasteiger partial charge in [0.05, 0.1) is 5.69 Å². The third-order valence-corrected chi connectivity index (χ3v) is 4.49. The standard InChI is InChI=1S/C18H14ClN3O/c19-14-9-5-4-8-12(14)13-10-15(23)20-18-16(13)17(21-22-18)11-6-2-1-3-7-11/h1-9,13H,10H2,(H2,20,21,22,23)/t13-/m1/s1. The maximum atomic E-state index is 12.1. The van der Waals surface area contributed by atoms with Gasteiger partial charge in [0.25, 0.3) is 0 Å². The average Bonchev–Trinajstić information content (AvgIpc) is 2.99. The van der Waals surface area contributed by atoms with E-state index in [1.54, 1.807) is 0 Å². The number of nitrogens with zero attached hydrogens (tertiary/aromatic N) is 1. The van der Waals surface area contributed by atoms with Gasteiger partial charge in [-0.1, -0.05) is 60.1 Å². The number of H-pyrrole nitrogens is 1. The number of fused-ring (bicyclic) bond motifs is 1. The third-order valence-electron chi connectivity index (χ3n) is 4.14. The number of aromatic nitrogens is 2. The van der Waals surface area contributed by atoms with Crippen LogP contribution < -0.4 is 5.32 Å². The van der Waals surface area contributed by atoms with Gasteiger partial charge in [0.1, 0.15) is 0 Å². The zero-order valence-electron chi connectivity index (χ0n) is 12.2. The first-order valence-electron chi connectivity index (χ1n) is 7.42. The minimum Gasteiger partial charge on any atom is -0.309 e. The highest BCUT2D eigenvalue weighted by molar-refractivity contribution is 6.31. The topological polar surface area (TPSA) is 57.8 Å². The fourth-order valence-electron chi connectivity index (χ4n) is 3.10. The van der Waals surface area contributed by atoms with Gasteiger partial charge in [-0.3, -0.25) is 9.89 Å². The predicted molar refractivity (Wildman–Crippen MR) is 90.6 cm³/mol. The van der Waals surface area contributed by atoms with Crippen molar-refractivity contribution in [3.05, 3.63) is 70.7 Å². The zero-order chi connectivity index (χ0) is 15.8. The fraction of sp³-hybridized carbons (Fsp3) is 0.111. The van der Waals surface area contributed by atoms with Gasteiger partial charge in [0.2, 0.25) is 5.91 Å². The Morgan fingerprint density at radius 2 is 1.78 bits per heavy atom. The van der Waals surface area contributed by atoms with Gasteiger partial charge in [-0.2, -0.15) is 5.10 Å². The summed E-state index contributed by atoms with van der Waals surface area (Å²) in [5.74, 6) is 0.431. The summed E-state index contributed by atoms with van der Waals surface area (Å²) in [6, 6.07) is 17.6. The molecule has 3 aromatic rings. The normalized spacial score (nSPS) is 16.7. The molecule has 23 heavy (non-hydrogen) atoms. The average molecular weight is 324 g/mol. The molecule has 0 bridgehead atoms. The Morgan fingerprint density at radius 1 is 1.04 bits per heavy atom. The summed E-state index contributed by atoms with van der Waals surface area (Å²) >= 11 is 6.37. The largest absolute Gasteiger partial charge is 0.309 e. The number of benzene rings is 2. The van der Waals surface area contributed by atoms with Gasteiger partial charge >= 0.3 is 0 Å². The van der Waals surface area contributed by atoms with E-state index in [1.165, 1.54) is 0 Å². The van der Waals surface area contributed by atoms with E-state index in [0.29, 0.717) is 17.3 Å². The van der Waals surface area contributed by atoms with Crippen molar-refractivity contribution in [2.45, 2.75) is 12.3 Å². The summed E-state index contributed by atoms with van der Waals surface area (Å²) in [6.07, 6.45) is 0.357. The molecule has 0 aliphatic carbocycles. The summed E-state index contributed by atoms with van der Waals surface area (Å²) in [5.41, 5.74) is 3.90. The van der Waals surface area contributed by atoms with Crippen LogP contribution in [0.15, 0.2) is 54.6 Å². The lowest BCUT2D eigenvalue weighted by molar-refractivity contribution is -0.116. The molecule has 0 saturated heterocycles. The van der Waals surface area contributed by atoms with Gasteiger partial charge < -0.3 is 5.32 Å². The Labute approximate surface area is 138 Å². The molecule has 5 heteroatoms. The van der Waals surface area contributed by atoms with Crippen LogP contribution in [-0.4, -0.2) is 16.1 Å². The van der Waals surface area contributed by atoms with E-state index in [4.69, 9.17) is 11.6 Å². The number of halogens is 1. The number of rotatable bonds is 2. The van der Waals surface area contributed by atoms with Crippen LogP contribution in [0, 0.1) is 0 Å². The maximum absolute atomic E-state index is 12.1.